The molecule has 0 radical (unpaired) electrons. The lowest BCUT2D eigenvalue weighted by atomic mass is 9.76. The largest absolute Gasteiger partial charge is 0.244 e. The molecule has 0 aliphatic rings. The quantitative estimate of drug-likeness (QED) is 0.547. The second-order valence-electron chi connectivity index (χ2n) is 5.26. The average molecular weight is 188 g/mol. The fourth-order valence-electron chi connectivity index (χ4n) is 1.26. The van der Waals surface area contributed by atoms with Crippen LogP contribution in [0.3, 0.4) is 0 Å². The molecule has 0 heterocycles. The summed E-state index contributed by atoms with van der Waals surface area (Å²) >= 11 is 0. The molecule has 0 aromatic carbocycles. The van der Waals surface area contributed by atoms with Gasteiger partial charge < -0.3 is 0 Å². The van der Waals surface area contributed by atoms with Crippen molar-refractivity contribution < 1.29 is 4.39 Å². The highest BCUT2D eigenvalue weighted by Gasteiger charge is 2.36. The molecule has 1 unspecified atom stereocenters. The lowest BCUT2D eigenvalue weighted by molar-refractivity contribution is 0.0369. The molecule has 0 aromatic rings. The lowest BCUT2D eigenvalue weighted by Crippen LogP contribution is -2.35. The van der Waals surface area contributed by atoms with E-state index in [0.717, 1.165) is 6.42 Å². The topological polar surface area (TPSA) is 0 Å². The normalized spacial score (nSPS) is 17.1. The molecule has 0 saturated heterocycles. The van der Waals surface area contributed by atoms with Gasteiger partial charge in [-0.05, 0) is 18.8 Å². The molecule has 0 amide bonds. The van der Waals surface area contributed by atoms with E-state index in [1.807, 2.05) is 20.8 Å². The van der Waals surface area contributed by atoms with Gasteiger partial charge in [-0.1, -0.05) is 53.4 Å². The van der Waals surface area contributed by atoms with Gasteiger partial charge in [-0.25, -0.2) is 4.39 Å². The third-order valence-electron chi connectivity index (χ3n) is 3.06. The molecule has 0 aliphatic heterocycles. The van der Waals surface area contributed by atoms with Crippen LogP contribution in [-0.2, 0) is 0 Å². The van der Waals surface area contributed by atoms with Crippen LogP contribution in [0.25, 0.3) is 0 Å². The van der Waals surface area contributed by atoms with E-state index in [0.29, 0.717) is 6.42 Å². The third-order valence-corrected chi connectivity index (χ3v) is 3.06. The molecular weight excluding hydrogens is 163 g/mol. The fraction of sp³-hybridized carbons (Fsp3) is 1.00. The van der Waals surface area contributed by atoms with Crippen LogP contribution in [0, 0.1) is 5.41 Å². The van der Waals surface area contributed by atoms with Gasteiger partial charge in [-0.15, -0.1) is 0 Å². The van der Waals surface area contributed by atoms with Crippen molar-refractivity contribution >= 4 is 0 Å². The minimum Gasteiger partial charge on any atom is -0.244 e. The average Bonchev–Trinajstić information content (AvgIpc) is 1.96. The van der Waals surface area contributed by atoms with Crippen molar-refractivity contribution in [3.05, 3.63) is 0 Å². The first kappa shape index (κ1) is 12.9. The molecule has 1 heteroatoms. The van der Waals surface area contributed by atoms with Crippen molar-refractivity contribution in [2.24, 2.45) is 5.41 Å². The fourth-order valence-corrected chi connectivity index (χ4v) is 1.26. The zero-order valence-electron chi connectivity index (χ0n) is 9.91. The van der Waals surface area contributed by atoms with Gasteiger partial charge in [0.05, 0.1) is 0 Å². The second kappa shape index (κ2) is 4.97. The lowest BCUT2D eigenvalue weighted by Gasteiger charge is -2.34. The van der Waals surface area contributed by atoms with Crippen LogP contribution >= 0.6 is 0 Å². The number of alkyl halides is 1. The van der Waals surface area contributed by atoms with Crippen molar-refractivity contribution in [3.8, 4) is 0 Å². The van der Waals surface area contributed by atoms with Crippen molar-refractivity contribution in [1.29, 1.82) is 0 Å². The van der Waals surface area contributed by atoms with Gasteiger partial charge in [-0.2, -0.15) is 0 Å². The summed E-state index contributed by atoms with van der Waals surface area (Å²) in [7, 11) is 0. The SMILES string of the molecule is CCCCCCC(C)(F)C(C)(C)C. The Balaban J connectivity index is 3.77. The Kier molecular flexibility index (Phi) is 4.95. The summed E-state index contributed by atoms with van der Waals surface area (Å²) in [6.07, 6.45) is 5.36. The second-order valence-corrected chi connectivity index (χ2v) is 5.26. The maximum atomic E-state index is 14.0. The van der Waals surface area contributed by atoms with Crippen LogP contribution in [0.4, 0.5) is 4.39 Å². The van der Waals surface area contributed by atoms with Crippen LogP contribution in [-0.4, -0.2) is 5.67 Å². The maximum Gasteiger partial charge on any atom is 0.113 e. The van der Waals surface area contributed by atoms with Crippen LogP contribution in [0.2, 0.25) is 0 Å². The zero-order valence-corrected chi connectivity index (χ0v) is 9.91. The van der Waals surface area contributed by atoms with Crippen LogP contribution in [0.15, 0.2) is 0 Å². The smallest absolute Gasteiger partial charge is 0.113 e. The first-order valence-electron chi connectivity index (χ1n) is 5.50. The van der Waals surface area contributed by atoms with E-state index >= 15 is 0 Å². The molecule has 80 valence electrons. The molecule has 1 atom stereocenters. The molecular formula is C12H25F. The third kappa shape index (κ3) is 4.64. The molecule has 0 N–H and O–H groups in total. The Morgan fingerprint density at radius 3 is 1.85 bits per heavy atom. The number of unbranched alkanes of at least 4 members (excludes halogenated alkanes) is 3. The number of rotatable bonds is 5. The van der Waals surface area contributed by atoms with E-state index in [4.69, 9.17) is 0 Å². The van der Waals surface area contributed by atoms with E-state index in [9.17, 15) is 4.39 Å². The predicted octanol–water partition coefficient (Wildman–Crippen LogP) is 4.73. The van der Waals surface area contributed by atoms with Gasteiger partial charge in [0.15, 0.2) is 0 Å². The summed E-state index contributed by atoms with van der Waals surface area (Å²) in [5.41, 5.74) is -1.24. The predicted molar refractivity (Wildman–Crippen MR) is 57.7 cm³/mol. The molecule has 0 aromatic heterocycles. The summed E-state index contributed by atoms with van der Waals surface area (Å²) in [6.45, 7) is 9.85. The highest BCUT2D eigenvalue weighted by atomic mass is 19.1. The first-order chi connectivity index (χ1) is 5.81. The van der Waals surface area contributed by atoms with E-state index in [-0.39, 0.29) is 5.41 Å². The Labute approximate surface area is 82.9 Å². The zero-order chi connectivity index (χ0) is 10.5. The Morgan fingerprint density at radius 1 is 0.923 bits per heavy atom. The number of hydrogen-bond donors (Lipinski definition) is 0. The molecule has 0 saturated carbocycles. The van der Waals surface area contributed by atoms with Crippen LogP contribution in [0.5, 0.6) is 0 Å². The van der Waals surface area contributed by atoms with Gasteiger partial charge in [0, 0.05) is 0 Å². The summed E-state index contributed by atoms with van der Waals surface area (Å²) in [5, 5.41) is 0. The minimum absolute atomic E-state index is 0.223. The Morgan fingerprint density at radius 2 is 1.46 bits per heavy atom. The molecule has 13 heavy (non-hydrogen) atoms. The first-order valence-corrected chi connectivity index (χ1v) is 5.50. The Bertz CT molecular complexity index is 131. The molecule has 0 fully saturated rings. The van der Waals surface area contributed by atoms with E-state index in [1.54, 1.807) is 6.92 Å². The van der Waals surface area contributed by atoms with Gasteiger partial charge in [0.25, 0.3) is 0 Å². The van der Waals surface area contributed by atoms with Gasteiger partial charge in [0.1, 0.15) is 5.67 Å². The van der Waals surface area contributed by atoms with Gasteiger partial charge >= 0.3 is 0 Å². The van der Waals surface area contributed by atoms with E-state index in [2.05, 4.69) is 6.92 Å². The van der Waals surface area contributed by atoms with Crippen molar-refractivity contribution in [3.63, 3.8) is 0 Å². The van der Waals surface area contributed by atoms with Crippen molar-refractivity contribution in [2.75, 3.05) is 0 Å². The van der Waals surface area contributed by atoms with E-state index in [1.165, 1.54) is 19.3 Å². The van der Waals surface area contributed by atoms with Crippen LogP contribution < -0.4 is 0 Å². The van der Waals surface area contributed by atoms with Crippen molar-refractivity contribution in [2.45, 2.75) is 72.4 Å². The highest BCUT2D eigenvalue weighted by molar-refractivity contribution is 4.86. The minimum atomic E-state index is -1.01. The molecule has 0 bridgehead atoms. The number of halogens is 1. The summed E-state index contributed by atoms with van der Waals surface area (Å²) in [4.78, 5) is 0. The molecule has 0 rings (SSSR count). The van der Waals surface area contributed by atoms with E-state index < -0.39 is 5.67 Å². The molecule has 0 spiro atoms. The van der Waals surface area contributed by atoms with Gasteiger partial charge in [-0.3, -0.25) is 0 Å². The monoisotopic (exact) mass is 188 g/mol. The number of hydrogen-bond acceptors (Lipinski definition) is 0. The molecule has 0 nitrogen and oxygen atoms in total. The summed E-state index contributed by atoms with van der Waals surface area (Å²) in [5.74, 6) is 0. The van der Waals surface area contributed by atoms with Gasteiger partial charge in [0.2, 0.25) is 0 Å². The molecule has 0 aliphatic carbocycles. The highest BCUT2D eigenvalue weighted by Crippen LogP contribution is 2.37. The van der Waals surface area contributed by atoms with Crippen LogP contribution in [0.1, 0.15) is 66.7 Å². The standard InChI is InChI=1S/C12H25F/c1-6-7-8-9-10-12(5,13)11(2,3)4/h6-10H2,1-5H3. The van der Waals surface area contributed by atoms with Crippen molar-refractivity contribution in [1.82, 2.24) is 0 Å². The summed E-state index contributed by atoms with van der Waals surface area (Å²) in [6, 6.07) is 0. The maximum absolute atomic E-state index is 14.0. The Hall–Kier alpha value is -0.0700. The summed E-state index contributed by atoms with van der Waals surface area (Å²) < 4.78 is 14.0.